The number of amides is 1. The first kappa shape index (κ1) is 21.0. The number of Topliss-reactive ketones (excluding diaryl/α,β-unsaturated/α-hetero) is 1. The Kier molecular flexibility index (Phi) is 6.41. The van der Waals surface area contributed by atoms with Gasteiger partial charge in [-0.2, -0.15) is 0 Å². The smallest absolute Gasteiger partial charge is 0.340 e. The molecule has 0 saturated heterocycles. The number of ether oxygens (including phenoxy) is 2. The number of hydrogen-bond acceptors (Lipinski definition) is 6. The summed E-state index contributed by atoms with van der Waals surface area (Å²) in [6.07, 6.45) is 0.368. The molecular weight excluding hydrogens is 384 g/mol. The molecule has 154 valence electrons. The molecule has 1 heterocycles. The lowest BCUT2D eigenvalue weighted by Gasteiger charge is -2.09. The van der Waals surface area contributed by atoms with Crippen molar-refractivity contribution in [2.45, 2.75) is 20.3 Å². The summed E-state index contributed by atoms with van der Waals surface area (Å²) in [7, 11) is 1.56. The van der Waals surface area contributed by atoms with E-state index in [0.29, 0.717) is 34.7 Å². The maximum absolute atomic E-state index is 12.5. The largest absolute Gasteiger partial charge is 0.497 e. The number of methoxy groups -OCH3 is 1. The summed E-state index contributed by atoms with van der Waals surface area (Å²) in [5, 5.41) is 3.45. The number of aryl methyl sites for hydroxylation is 1. The highest BCUT2D eigenvalue weighted by atomic mass is 16.5. The van der Waals surface area contributed by atoms with Crippen LogP contribution in [0, 0.1) is 6.92 Å². The van der Waals surface area contributed by atoms with Crippen LogP contribution in [-0.2, 0) is 9.53 Å². The lowest BCUT2D eigenvalue weighted by molar-refractivity contribution is -0.115. The highest BCUT2D eigenvalue weighted by molar-refractivity contribution is 6.01. The second-order valence-corrected chi connectivity index (χ2v) is 6.66. The Bertz CT molecular complexity index is 1110. The van der Waals surface area contributed by atoms with Crippen LogP contribution in [0.15, 0.2) is 48.5 Å². The molecule has 0 spiro atoms. The third-order valence-electron chi connectivity index (χ3n) is 4.58. The summed E-state index contributed by atoms with van der Waals surface area (Å²) in [5.41, 5.74) is 2.53. The molecule has 7 nitrogen and oxygen atoms in total. The van der Waals surface area contributed by atoms with Crippen LogP contribution in [0.1, 0.15) is 39.8 Å². The van der Waals surface area contributed by atoms with Crippen LogP contribution < -0.4 is 10.1 Å². The van der Waals surface area contributed by atoms with Gasteiger partial charge >= 0.3 is 5.97 Å². The van der Waals surface area contributed by atoms with Gasteiger partial charge < -0.3 is 14.8 Å². The topological polar surface area (TPSA) is 94.6 Å². The van der Waals surface area contributed by atoms with Crippen LogP contribution in [0.5, 0.6) is 5.75 Å². The first-order valence-electron chi connectivity index (χ1n) is 9.47. The second kappa shape index (κ2) is 9.17. The van der Waals surface area contributed by atoms with Crippen LogP contribution in [-0.4, -0.2) is 36.4 Å². The third kappa shape index (κ3) is 4.81. The maximum Gasteiger partial charge on any atom is 0.340 e. The number of fused-ring (bicyclic) bond motifs is 1. The number of esters is 1. The first-order chi connectivity index (χ1) is 14.4. The van der Waals surface area contributed by atoms with E-state index in [4.69, 9.17) is 9.47 Å². The molecular formula is C23H22N2O5. The maximum atomic E-state index is 12.5. The number of ketones is 1. The number of aromatic nitrogens is 1. The van der Waals surface area contributed by atoms with Crippen molar-refractivity contribution in [1.82, 2.24) is 4.98 Å². The van der Waals surface area contributed by atoms with E-state index in [9.17, 15) is 14.4 Å². The monoisotopic (exact) mass is 406 g/mol. The minimum Gasteiger partial charge on any atom is -0.497 e. The zero-order chi connectivity index (χ0) is 21.7. The van der Waals surface area contributed by atoms with Crippen LogP contribution in [0.2, 0.25) is 0 Å². The van der Waals surface area contributed by atoms with Crippen molar-refractivity contribution in [3.63, 3.8) is 0 Å². The van der Waals surface area contributed by atoms with E-state index in [1.165, 1.54) is 0 Å². The number of nitrogens with zero attached hydrogens (tertiary/aromatic N) is 1. The first-order valence-corrected chi connectivity index (χ1v) is 9.47. The van der Waals surface area contributed by atoms with Gasteiger partial charge in [-0.1, -0.05) is 6.92 Å². The fourth-order valence-electron chi connectivity index (χ4n) is 2.87. The van der Waals surface area contributed by atoms with E-state index >= 15 is 0 Å². The Morgan fingerprint density at radius 2 is 1.77 bits per heavy atom. The molecule has 1 N–H and O–H groups in total. The summed E-state index contributed by atoms with van der Waals surface area (Å²) in [5.74, 6) is -0.420. The Morgan fingerprint density at radius 1 is 1.03 bits per heavy atom. The molecule has 3 rings (SSSR count). The van der Waals surface area contributed by atoms with Gasteiger partial charge in [-0.25, -0.2) is 4.79 Å². The van der Waals surface area contributed by atoms with Crippen molar-refractivity contribution in [1.29, 1.82) is 0 Å². The number of pyridine rings is 1. The summed E-state index contributed by atoms with van der Waals surface area (Å²) < 4.78 is 10.4. The highest BCUT2D eigenvalue weighted by Crippen LogP contribution is 2.22. The van der Waals surface area contributed by atoms with Gasteiger partial charge in [-0.3, -0.25) is 14.6 Å². The molecule has 0 radical (unpaired) electrons. The fraction of sp³-hybridized carbons (Fsp3) is 0.217. The Hall–Kier alpha value is -3.74. The lowest BCUT2D eigenvalue weighted by Crippen LogP contribution is -2.16. The Balaban J connectivity index is 1.68. The number of anilines is 1. The molecule has 30 heavy (non-hydrogen) atoms. The van der Waals surface area contributed by atoms with Gasteiger partial charge in [0.1, 0.15) is 5.75 Å². The van der Waals surface area contributed by atoms with Gasteiger partial charge in [0, 0.05) is 23.1 Å². The van der Waals surface area contributed by atoms with Crippen molar-refractivity contribution in [3.05, 3.63) is 65.4 Å². The highest BCUT2D eigenvalue weighted by Gasteiger charge is 2.16. The third-order valence-corrected chi connectivity index (χ3v) is 4.58. The van der Waals surface area contributed by atoms with Crippen LogP contribution >= 0.6 is 0 Å². The Morgan fingerprint density at radius 3 is 2.43 bits per heavy atom. The second-order valence-electron chi connectivity index (χ2n) is 6.66. The SMILES string of the molecule is CCC(=O)Nc1ccc(C(=O)COC(=O)c2cc3cc(OC)ccc3nc2C)cc1. The van der Waals surface area contributed by atoms with Crippen molar-refractivity contribution < 1.29 is 23.9 Å². The standard InChI is InChI=1S/C23H22N2O5/c1-4-22(27)25-17-7-5-15(6-8-17)21(26)13-30-23(28)19-12-16-11-18(29-3)9-10-20(16)24-14(19)2/h5-12H,4,13H2,1-3H3,(H,25,27). The minimum atomic E-state index is -0.620. The molecule has 2 aromatic carbocycles. The number of nitrogens with one attached hydrogen (secondary N) is 1. The number of carbonyl (C=O) groups excluding carboxylic acids is 3. The number of hydrogen-bond donors (Lipinski definition) is 1. The molecule has 0 aliphatic heterocycles. The average Bonchev–Trinajstić information content (AvgIpc) is 2.76. The number of rotatable bonds is 7. The normalized spacial score (nSPS) is 10.5. The zero-order valence-corrected chi connectivity index (χ0v) is 17.0. The molecule has 0 saturated carbocycles. The Labute approximate surface area is 174 Å². The molecule has 1 aromatic heterocycles. The molecule has 3 aromatic rings. The predicted octanol–water partition coefficient (Wildman–Crippen LogP) is 3.94. The van der Waals surface area contributed by atoms with E-state index in [0.717, 1.165) is 10.9 Å². The van der Waals surface area contributed by atoms with Crippen molar-refractivity contribution in [2.24, 2.45) is 0 Å². The summed E-state index contributed by atoms with van der Waals surface area (Å²) in [4.78, 5) is 40.7. The number of benzene rings is 2. The average molecular weight is 406 g/mol. The predicted molar refractivity (Wildman–Crippen MR) is 113 cm³/mol. The van der Waals surface area contributed by atoms with Gasteiger partial charge in [0.2, 0.25) is 5.91 Å². The summed E-state index contributed by atoms with van der Waals surface area (Å²) >= 11 is 0. The van der Waals surface area contributed by atoms with Gasteiger partial charge in [0.25, 0.3) is 0 Å². The van der Waals surface area contributed by atoms with Gasteiger partial charge in [-0.15, -0.1) is 0 Å². The molecule has 0 unspecified atom stereocenters. The van der Waals surface area contributed by atoms with E-state index in [1.807, 2.05) is 6.07 Å². The van der Waals surface area contributed by atoms with E-state index in [2.05, 4.69) is 10.3 Å². The number of carbonyl (C=O) groups is 3. The lowest BCUT2D eigenvalue weighted by atomic mass is 10.1. The fourth-order valence-corrected chi connectivity index (χ4v) is 2.87. The van der Waals surface area contributed by atoms with Gasteiger partial charge in [0.15, 0.2) is 12.4 Å². The summed E-state index contributed by atoms with van der Waals surface area (Å²) in [6.45, 7) is 3.07. The van der Waals surface area contributed by atoms with Crippen LogP contribution in [0.4, 0.5) is 5.69 Å². The molecule has 1 amide bonds. The summed E-state index contributed by atoms with van der Waals surface area (Å²) in [6, 6.07) is 13.5. The van der Waals surface area contributed by atoms with Gasteiger partial charge in [0.05, 0.1) is 23.9 Å². The molecule has 7 heteroatoms. The van der Waals surface area contributed by atoms with Crippen LogP contribution in [0.3, 0.4) is 0 Å². The molecule has 0 atom stereocenters. The zero-order valence-electron chi connectivity index (χ0n) is 17.0. The molecule has 0 fully saturated rings. The van der Waals surface area contributed by atoms with Gasteiger partial charge in [-0.05, 0) is 55.5 Å². The van der Waals surface area contributed by atoms with Crippen molar-refractivity contribution in [2.75, 3.05) is 19.0 Å². The molecule has 0 aliphatic carbocycles. The van der Waals surface area contributed by atoms with E-state index < -0.39 is 12.6 Å². The van der Waals surface area contributed by atoms with Crippen molar-refractivity contribution in [3.8, 4) is 5.75 Å². The van der Waals surface area contributed by atoms with E-state index in [1.54, 1.807) is 63.4 Å². The minimum absolute atomic E-state index is 0.111. The van der Waals surface area contributed by atoms with Crippen LogP contribution in [0.25, 0.3) is 10.9 Å². The quantitative estimate of drug-likeness (QED) is 0.472. The molecule has 0 bridgehead atoms. The molecule has 0 aliphatic rings. The van der Waals surface area contributed by atoms with E-state index in [-0.39, 0.29) is 11.7 Å². The van der Waals surface area contributed by atoms with Crippen molar-refractivity contribution >= 4 is 34.3 Å².